The van der Waals surface area contributed by atoms with Crippen LogP contribution in [0.2, 0.25) is 0 Å². The van der Waals surface area contributed by atoms with Gasteiger partial charge in [-0.15, -0.1) is 0 Å². The first-order chi connectivity index (χ1) is 4.93. The lowest BCUT2D eigenvalue weighted by atomic mass is 10.4. The summed E-state index contributed by atoms with van der Waals surface area (Å²) < 4.78 is 21.8. The third kappa shape index (κ3) is 1.40. The van der Waals surface area contributed by atoms with Gasteiger partial charge in [-0.25, -0.2) is 8.42 Å². The molecular formula is C5H7NO4S. The van der Waals surface area contributed by atoms with Crippen molar-refractivity contribution in [1.82, 2.24) is 4.31 Å². The van der Waals surface area contributed by atoms with Crippen LogP contribution >= 0.6 is 0 Å². The molecule has 1 aliphatic heterocycles. The second kappa shape index (κ2) is 2.30. The normalized spacial score (nSPS) is 19.5. The molecule has 1 rings (SSSR count). The SMILES string of the molecule is CS(=O)(=O)N1C(=O)CCC1=O. The van der Waals surface area contributed by atoms with Gasteiger partial charge in [0.05, 0.1) is 6.26 Å². The number of hydrogen-bond acceptors (Lipinski definition) is 4. The molecule has 0 saturated carbocycles. The zero-order valence-electron chi connectivity index (χ0n) is 5.90. The Labute approximate surface area is 64.0 Å². The lowest BCUT2D eigenvalue weighted by Crippen LogP contribution is -2.34. The van der Waals surface area contributed by atoms with Gasteiger partial charge in [-0.2, -0.15) is 4.31 Å². The van der Waals surface area contributed by atoms with Gasteiger partial charge < -0.3 is 0 Å². The average Bonchev–Trinajstić information content (AvgIpc) is 2.08. The van der Waals surface area contributed by atoms with Gasteiger partial charge in [0.15, 0.2) is 0 Å². The summed E-state index contributed by atoms with van der Waals surface area (Å²) in [6.45, 7) is 0. The molecule has 0 spiro atoms. The Morgan fingerprint density at radius 3 is 1.73 bits per heavy atom. The van der Waals surface area contributed by atoms with E-state index in [9.17, 15) is 18.0 Å². The molecule has 1 heterocycles. The number of carbonyl (C=O) groups is 2. The Morgan fingerprint density at radius 2 is 1.55 bits per heavy atom. The van der Waals surface area contributed by atoms with Gasteiger partial charge in [0.1, 0.15) is 0 Å². The predicted octanol–water partition coefficient (Wildman–Crippen LogP) is -0.905. The molecule has 62 valence electrons. The fourth-order valence-corrected chi connectivity index (χ4v) is 1.85. The molecule has 0 atom stereocenters. The summed E-state index contributed by atoms with van der Waals surface area (Å²) in [6, 6.07) is 0. The molecule has 2 amide bonds. The standard InChI is InChI=1S/C5H7NO4S/c1-11(9,10)6-4(7)2-3-5(6)8/h2-3H2,1H3. The maximum absolute atomic E-state index is 10.8. The minimum Gasteiger partial charge on any atom is -0.273 e. The van der Waals surface area contributed by atoms with Crippen molar-refractivity contribution in [1.29, 1.82) is 0 Å². The number of nitrogens with zero attached hydrogens (tertiary/aromatic N) is 1. The highest BCUT2D eigenvalue weighted by Gasteiger charge is 2.35. The monoisotopic (exact) mass is 177 g/mol. The minimum absolute atomic E-state index is 0.00586. The molecule has 1 fully saturated rings. The maximum Gasteiger partial charge on any atom is 0.243 e. The molecular weight excluding hydrogens is 170 g/mol. The van der Waals surface area contributed by atoms with Crippen molar-refractivity contribution < 1.29 is 18.0 Å². The molecule has 0 N–H and O–H groups in total. The van der Waals surface area contributed by atoms with E-state index >= 15 is 0 Å². The topological polar surface area (TPSA) is 71.5 Å². The van der Waals surface area contributed by atoms with Gasteiger partial charge in [0, 0.05) is 12.8 Å². The van der Waals surface area contributed by atoms with Crippen LogP contribution in [0.25, 0.3) is 0 Å². The van der Waals surface area contributed by atoms with Crippen LogP contribution in [0.4, 0.5) is 0 Å². The Morgan fingerprint density at radius 1 is 1.18 bits per heavy atom. The van der Waals surface area contributed by atoms with E-state index in [0.29, 0.717) is 4.31 Å². The minimum atomic E-state index is -3.67. The van der Waals surface area contributed by atoms with Crippen molar-refractivity contribution in [2.45, 2.75) is 12.8 Å². The number of rotatable bonds is 1. The van der Waals surface area contributed by atoms with E-state index in [1.807, 2.05) is 0 Å². The lowest BCUT2D eigenvalue weighted by Gasteiger charge is -2.08. The van der Waals surface area contributed by atoms with Crippen molar-refractivity contribution in [3.63, 3.8) is 0 Å². The Balaban J connectivity index is 3.05. The number of amides is 2. The average molecular weight is 177 g/mol. The van der Waals surface area contributed by atoms with Crippen LogP contribution in [0.15, 0.2) is 0 Å². The fourth-order valence-electron chi connectivity index (χ4n) is 0.926. The predicted molar refractivity (Wildman–Crippen MR) is 35.9 cm³/mol. The van der Waals surface area contributed by atoms with Crippen molar-refractivity contribution in [2.24, 2.45) is 0 Å². The summed E-state index contributed by atoms with van der Waals surface area (Å²) >= 11 is 0. The van der Waals surface area contributed by atoms with Gasteiger partial charge in [-0.3, -0.25) is 9.59 Å². The maximum atomic E-state index is 10.8. The van der Waals surface area contributed by atoms with Crippen molar-refractivity contribution in [2.75, 3.05) is 6.26 Å². The summed E-state index contributed by atoms with van der Waals surface area (Å²) in [4.78, 5) is 21.5. The molecule has 0 aromatic carbocycles. The van der Waals surface area contributed by atoms with Crippen LogP contribution in [0.5, 0.6) is 0 Å². The fraction of sp³-hybridized carbons (Fsp3) is 0.600. The van der Waals surface area contributed by atoms with Crippen LogP contribution in [0.1, 0.15) is 12.8 Å². The van der Waals surface area contributed by atoms with Crippen LogP contribution in [-0.4, -0.2) is 30.8 Å². The number of hydrogen-bond donors (Lipinski definition) is 0. The van der Waals surface area contributed by atoms with Crippen LogP contribution in [0.3, 0.4) is 0 Å². The summed E-state index contributed by atoms with van der Waals surface area (Å²) in [5, 5.41) is 0. The zero-order valence-corrected chi connectivity index (χ0v) is 6.72. The Bertz CT molecular complexity index is 288. The number of imide groups is 1. The molecule has 1 saturated heterocycles. The highest BCUT2D eigenvalue weighted by molar-refractivity contribution is 7.89. The number of sulfonamides is 1. The molecule has 0 aromatic rings. The van der Waals surface area contributed by atoms with E-state index in [1.165, 1.54) is 0 Å². The summed E-state index contributed by atoms with van der Waals surface area (Å²) in [6.07, 6.45) is 0.853. The summed E-state index contributed by atoms with van der Waals surface area (Å²) in [7, 11) is -3.67. The van der Waals surface area contributed by atoms with E-state index in [-0.39, 0.29) is 12.8 Å². The lowest BCUT2D eigenvalue weighted by molar-refractivity contribution is -0.132. The van der Waals surface area contributed by atoms with E-state index in [4.69, 9.17) is 0 Å². The zero-order chi connectivity index (χ0) is 8.65. The molecule has 11 heavy (non-hydrogen) atoms. The second-order valence-corrected chi connectivity index (χ2v) is 4.15. The van der Waals surface area contributed by atoms with Crippen LogP contribution in [0, 0.1) is 0 Å². The largest absolute Gasteiger partial charge is 0.273 e. The molecule has 0 aromatic heterocycles. The van der Waals surface area contributed by atoms with Crippen molar-refractivity contribution in [3.8, 4) is 0 Å². The molecule has 0 aliphatic carbocycles. The van der Waals surface area contributed by atoms with E-state index in [0.717, 1.165) is 6.26 Å². The van der Waals surface area contributed by atoms with E-state index < -0.39 is 21.8 Å². The molecule has 6 heteroatoms. The second-order valence-electron chi connectivity index (χ2n) is 2.31. The summed E-state index contributed by atoms with van der Waals surface area (Å²) in [5.41, 5.74) is 0. The van der Waals surface area contributed by atoms with Crippen LogP contribution < -0.4 is 0 Å². The first kappa shape index (κ1) is 8.19. The Hall–Kier alpha value is -0.910. The highest BCUT2D eigenvalue weighted by Crippen LogP contribution is 2.14. The third-order valence-corrected chi connectivity index (χ3v) is 2.41. The first-order valence-electron chi connectivity index (χ1n) is 2.99. The van der Waals surface area contributed by atoms with Gasteiger partial charge in [0.2, 0.25) is 21.8 Å². The smallest absolute Gasteiger partial charge is 0.243 e. The van der Waals surface area contributed by atoms with Gasteiger partial charge in [-0.05, 0) is 0 Å². The van der Waals surface area contributed by atoms with Crippen molar-refractivity contribution >= 4 is 21.8 Å². The summed E-state index contributed by atoms with van der Waals surface area (Å²) in [5.74, 6) is -1.25. The van der Waals surface area contributed by atoms with Gasteiger partial charge >= 0.3 is 0 Å². The molecule has 0 unspecified atom stereocenters. The molecule has 0 radical (unpaired) electrons. The van der Waals surface area contributed by atoms with Gasteiger partial charge in [0.25, 0.3) is 0 Å². The first-order valence-corrected chi connectivity index (χ1v) is 4.84. The van der Waals surface area contributed by atoms with E-state index in [1.54, 1.807) is 0 Å². The van der Waals surface area contributed by atoms with Crippen LogP contribution in [-0.2, 0) is 19.6 Å². The molecule has 1 aliphatic rings. The quantitative estimate of drug-likeness (QED) is 0.486. The molecule has 5 nitrogen and oxygen atoms in total. The van der Waals surface area contributed by atoms with Crippen molar-refractivity contribution in [3.05, 3.63) is 0 Å². The number of carbonyl (C=O) groups excluding carboxylic acids is 2. The van der Waals surface area contributed by atoms with Gasteiger partial charge in [-0.1, -0.05) is 0 Å². The molecule has 0 bridgehead atoms. The third-order valence-electron chi connectivity index (χ3n) is 1.34. The Kier molecular flexibility index (Phi) is 1.71. The highest BCUT2D eigenvalue weighted by atomic mass is 32.2. The van der Waals surface area contributed by atoms with E-state index in [2.05, 4.69) is 0 Å².